The molecule has 0 atom stereocenters. The number of aromatic amines is 1. The van der Waals surface area contributed by atoms with Crippen LogP contribution in [0, 0.1) is 13.8 Å². The Morgan fingerprint density at radius 1 is 1.36 bits per heavy atom. The lowest BCUT2D eigenvalue weighted by Crippen LogP contribution is -1.84. The topological polar surface area (TPSA) is 28.7 Å². The Hall–Kier alpha value is -1.31. The van der Waals surface area contributed by atoms with Crippen LogP contribution in [-0.4, -0.2) is 9.97 Å². The van der Waals surface area contributed by atoms with E-state index in [9.17, 15) is 0 Å². The molecule has 0 spiro atoms. The van der Waals surface area contributed by atoms with Gasteiger partial charge < -0.3 is 4.98 Å². The quantitative estimate of drug-likeness (QED) is 0.606. The second-order valence-electron chi connectivity index (χ2n) is 2.79. The molecule has 2 heteroatoms. The Kier molecular flexibility index (Phi) is 1.22. The Morgan fingerprint density at radius 2 is 2.18 bits per heavy atom. The minimum atomic E-state index is 1.09. The summed E-state index contributed by atoms with van der Waals surface area (Å²) in [6.07, 6.45) is 3.85. The van der Waals surface area contributed by atoms with Crippen LogP contribution in [0.15, 0.2) is 18.5 Å². The summed E-state index contributed by atoms with van der Waals surface area (Å²) in [5.74, 6) is 0. The van der Waals surface area contributed by atoms with Crippen LogP contribution in [0.2, 0.25) is 0 Å². The van der Waals surface area contributed by atoms with Crippen LogP contribution in [0.1, 0.15) is 11.3 Å². The van der Waals surface area contributed by atoms with Gasteiger partial charge in [0.05, 0.1) is 5.52 Å². The van der Waals surface area contributed by atoms with E-state index in [4.69, 9.17) is 0 Å². The molecule has 0 unspecified atom stereocenters. The number of fused-ring (bicyclic) bond motifs is 1. The van der Waals surface area contributed by atoms with Crippen molar-refractivity contribution in [2.75, 3.05) is 0 Å². The fourth-order valence-electron chi connectivity index (χ4n) is 1.32. The molecule has 2 rings (SSSR count). The third-order valence-corrected chi connectivity index (χ3v) is 1.98. The standard InChI is InChI=1S/C9H10N2/c1-6-5-11-7(2)8-3-4-10-9(6)8/h3-5,10H,1-2H3. The second-order valence-corrected chi connectivity index (χ2v) is 2.79. The molecule has 1 N–H and O–H groups in total. The Morgan fingerprint density at radius 3 is 2.91 bits per heavy atom. The molecular weight excluding hydrogens is 136 g/mol. The first kappa shape index (κ1) is 6.40. The van der Waals surface area contributed by atoms with E-state index in [-0.39, 0.29) is 0 Å². The van der Waals surface area contributed by atoms with Crippen molar-refractivity contribution in [2.24, 2.45) is 0 Å². The fourth-order valence-corrected chi connectivity index (χ4v) is 1.32. The highest BCUT2D eigenvalue weighted by atomic mass is 14.7. The van der Waals surface area contributed by atoms with Crippen LogP contribution >= 0.6 is 0 Å². The van der Waals surface area contributed by atoms with Gasteiger partial charge in [0.15, 0.2) is 0 Å². The number of nitrogens with one attached hydrogen (secondary N) is 1. The molecule has 0 aromatic carbocycles. The number of rotatable bonds is 0. The number of nitrogens with zero attached hydrogens (tertiary/aromatic N) is 1. The van der Waals surface area contributed by atoms with E-state index < -0.39 is 0 Å². The SMILES string of the molecule is Cc1ncc(C)c2[nH]ccc12. The summed E-state index contributed by atoms with van der Waals surface area (Å²) in [7, 11) is 0. The van der Waals surface area contributed by atoms with Crippen LogP contribution in [0.5, 0.6) is 0 Å². The molecular formula is C9H10N2. The van der Waals surface area contributed by atoms with E-state index in [1.807, 2.05) is 19.3 Å². The average Bonchev–Trinajstić information content (AvgIpc) is 2.45. The summed E-state index contributed by atoms with van der Waals surface area (Å²) in [6.45, 7) is 4.08. The second kappa shape index (κ2) is 2.09. The van der Waals surface area contributed by atoms with Gasteiger partial charge in [-0.2, -0.15) is 0 Å². The molecule has 2 nitrogen and oxygen atoms in total. The van der Waals surface area contributed by atoms with Gasteiger partial charge in [-0.3, -0.25) is 4.98 Å². The lowest BCUT2D eigenvalue weighted by Gasteiger charge is -1.97. The van der Waals surface area contributed by atoms with Crippen LogP contribution in [-0.2, 0) is 0 Å². The van der Waals surface area contributed by atoms with E-state index in [0.29, 0.717) is 0 Å². The molecule has 0 fully saturated rings. The number of aromatic nitrogens is 2. The summed E-state index contributed by atoms with van der Waals surface area (Å²) in [5.41, 5.74) is 3.50. The minimum absolute atomic E-state index is 1.09. The molecule has 0 aliphatic heterocycles. The first-order valence-corrected chi connectivity index (χ1v) is 3.68. The molecule has 0 radical (unpaired) electrons. The van der Waals surface area contributed by atoms with E-state index >= 15 is 0 Å². The Bertz CT molecular complexity index is 351. The predicted molar refractivity (Wildman–Crippen MR) is 45.6 cm³/mol. The zero-order valence-electron chi connectivity index (χ0n) is 6.68. The summed E-state index contributed by atoms with van der Waals surface area (Å²) in [5, 5.41) is 1.23. The van der Waals surface area contributed by atoms with Crippen LogP contribution < -0.4 is 0 Å². The van der Waals surface area contributed by atoms with Crippen molar-refractivity contribution in [3.63, 3.8) is 0 Å². The fraction of sp³-hybridized carbons (Fsp3) is 0.222. The Labute approximate surface area is 65.3 Å². The molecule has 0 aliphatic carbocycles. The lowest BCUT2D eigenvalue weighted by molar-refractivity contribution is 1.20. The van der Waals surface area contributed by atoms with E-state index in [1.165, 1.54) is 16.5 Å². The molecule has 2 aromatic rings. The average molecular weight is 146 g/mol. The van der Waals surface area contributed by atoms with Gasteiger partial charge in [0.25, 0.3) is 0 Å². The highest BCUT2D eigenvalue weighted by Crippen LogP contribution is 2.17. The number of pyridine rings is 1. The predicted octanol–water partition coefficient (Wildman–Crippen LogP) is 2.18. The molecule has 2 heterocycles. The normalized spacial score (nSPS) is 10.7. The third-order valence-electron chi connectivity index (χ3n) is 1.98. The maximum atomic E-state index is 4.26. The van der Waals surface area contributed by atoms with Crippen molar-refractivity contribution in [3.8, 4) is 0 Å². The zero-order chi connectivity index (χ0) is 7.84. The van der Waals surface area contributed by atoms with Gasteiger partial charge in [-0.15, -0.1) is 0 Å². The van der Waals surface area contributed by atoms with Gasteiger partial charge >= 0.3 is 0 Å². The largest absolute Gasteiger partial charge is 0.361 e. The van der Waals surface area contributed by atoms with Gasteiger partial charge in [0.1, 0.15) is 0 Å². The maximum Gasteiger partial charge on any atom is 0.0517 e. The van der Waals surface area contributed by atoms with Crippen molar-refractivity contribution in [2.45, 2.75) is 13.8 Å². The summed E-state index contributed by atoms with van der Waals surface area (Å²) >= 11 is 0. The zero-order valence-corrected chi connectivity index (χ0v) is 6.68. The molecule has 0 aliphatic rings. The molecule has 0 bridgehead atoms. The molecule has 0 saturated heterocycles. The Balaban J connectivity index is 2.96. The van der Waals surface area contributed by atoms with Gasteiger partial charge in [-0.05, 0) is 25.5 Å². The number of hydrogen-bond acceptors (Lipinski definition) is 1. The van der Waals surface area contributed by atoms with Gasteiger partial charge in [-0.1, -0.05) is 0 Å². The van der Waals surface area contributed by atoms with Crippen molar-refractivity contribution >= 4 is 10.9 Å². The third kappa shape index (κ3) is 0.827. The molecule has 0 saturated carbocycles. The van der Waals surface area contributed by atoms with Gasteiger partial charge in [0, 0.05) is 23.5 Å². The smallest absolute Gasteiger partial charge is 0.0517 e. The molecule has 11 heavy (non-hydrogen) atoms. The lowest BCUT2D eigenvalue weighted by atomic mass is 10.2. The van der Waals surface area contributed by atoms with Crippen molar-refractivity contribution in [3.05, 3.63) is 29.7 Å². The molecule has 56 valence electrons. The van der Waals surface area contributed by atoms with Crippen molar-refractivity contribution < 1.29 is 0 Å². The van der Waals surface area contributed by atoms with E-state index in [0.717, 1.165) is 5.69 Å². The number of hydrogen-bond donors (Lipinski definition) is 1. The minimum Gasteiger partial charge on any atom is -0.361 e. The van der Waals surface area contributed by atoms with Crippen LogP contribution in [0.4, 0.5) is 0 Å². The summed E-state index contributed by atoms with van der Waals surface area (Å²) in [6, 6.07) is 2.06. The summed E-state index contributed by atoms with van der Waals surface area (Å²) in [4.78, 5) is 7.45. The maximum absolute atomic E-state index is 4.26. The van der Waals surface area contributed by atoms with Crippen LogP contribution in [0.25, 0.3) is 10.9 Å². The number of aryl methyl sites for hydroxylation is 2. The summed E-state index contributed by atoms with van der Waals surface area (Å²) < 4.78 is 0. The molecule has 0 amide bonds. The van der Waals surface area contributed by atoms with Crippen LogP contribution in [0.3, 0.4) is 0 Å². The van der Waals surface area contributed by atoms with E-state index in [1.54, 1.807) is 0 Å². The van der Waals surface area contributed by atoms with E-state index in [2.05, 4.69) is 23.0 Å². The van der Waals surface area contributed by atoms with Gasteiger partial charge in [-0.25, -0.2) is 0 Å². The first-order valence-electron chi connectivity index (χ1n) is 3.68. The highest BCUT2D eigenvalue weighted by Gasteiger charge is 2.00. The van der Waals surface area contributed by atoms with Crippen molar-refractivity contribution in [1.82, 2.24) is 9.97 Å². The highest BCUT2D eigenvalue weighted by molar-refractivity contribution is 5.83. The number of H-pyrrole nitrogens is 1. The van der Waals surface area contributed by atoms with Gasteiger partial charge in [0.2, 0.25) is 0 Å². The van der Waals surface area contributed by atoms with Crippen molar-refractivity contribution in [1.29, 1.82) is 0 Å². The molecule has 2 aromatic heterocycles. The monoisotopic (exact) mass is 146 g/mol. The first-order chi connectivity index (χ1) is 5.29.